The van der Waals surface area contributed by atoms with Crippen molar-refractivity contribution in [2.75, 3.05) is 0 Å². The van der Waals surface area contributed by atoms with Crippen molar-refractivity contribution in [1.82, 2.24) is 15.1 Å². The summed E-state index contributed by atoms with van der Waals surface area (Å²) in [4.78, 5) is 8.55. The molecule has 0 atom stereocenters. The lowest BCUT2D eigenvalue weighted by Gasteiger charge is -2.09. The summed E-state index contributed by atoms with van der Waals surface area (Å²) in [6.07, 6.45) is 2.46. The molecule has 1 aliphatic carbocycles. The number of rotatable bonds is 3. The monoisotopic (exact) mass is 469 g/mol. The number of aryl methyl sites for hydroxylation is 3. The van der Waals surface area contributed by atoms with E-state index in [0.717, 1.165) is 45.0 Å². The van der Waals surface area contributed by atoms with Crippen molar-refractivity contribution in [2.45, 2.75) is 39.5 Å². The van der Waals surface area contributed by atoms with Gasteiger partial charge in [-0.1, -0.05) is 11.2 Å². The lowest BCUT2D eigenvalue weighted by Crippen LogP contribution is -1.88. The van der Waals surface area contributed by atoms with Gasteiger partial charge in [-0.15, -0.1) is 0 Å². The normalized spacial score (nSPS) is 14.2. The molecule has 27 heavy (non-hydrogen) atoms. The Morgan fingerprint density at radius 2 is 1.85 bits per heavy atom. The number of H-pyrrole nitrogens is 1. The molecule has 1 fully saturated rings. The van der Waals surface area contributed by atoms with Crippen LogP contribution in [0.1, 0.15) is 41.6 Å². The summed E-state index contributed by atoms with van der Waals surface area (Å²) in [5, 5.41) is 4.14. The fraction of sp³-hybridized carbons (Fsp3) is 0.273. The van der Waals surface area contributed by atoms with Gasteiger partial charge < -0.3 is 9.51 Å². The van der Waals surface area contributed by atoms with E-state index in [2.05, 4.69) is 70.0 Å². The summed E-state index contributed by atoms with van der Waals surface area (Å²) in [5.41, 5.74) is 8.86. The molecule has 5 heteroatoms. The lowest BCUT2D eigenvalue weighted by molar-refractivity contribution is 0.393. The first-order valence-corrected chi connectivity index (χ1v) is 10.3. The number of hydrogen-bond donors (Lipinski definition) is 1. The fourth-order valence-corrected chi connectivity index (χ4v) is 4.66. The third-order valence-electron chi connectivity index (χ3n) is 5.24. The van der Waals surface area contributed by atoms with Crippen molar-refractivity contribution in [2.24, 2.45) is 0 Å². The Morgan fingerprint density at radius 3 is 2.52 bits per heavy atom. The molecule has 0 aliphatic heterocycles. The highest BCUT2D eigenvalue weighted by molar-refractivity contribution is 14.1. The van der Waals surface area contributed by atoms with Crippen LogP contribution in [0.2, 0.25) is 0 Å². The minimum atomic E-state index is 0.588. The zero-order valence-corrected chi connectivity index (χ0v) is 17.7. The molecule has 0 amide bonds. The Bertz CT molecular complexity index is 1140. The van der Waals surface area contributed by atoms with Crippen LogP contribution in [0, 0.1) is 24.3 Å². The number of halogens is 1. The van der Waals surface area contributed by atoms with Crippen LogP contribution < -0.4 is 0 Å². The second-order valence-corrected chi connectivity index (χ2v) is 8.78. The number of hydrogen-bond acceptors (Lipinski definition) is 3. The van der Waals surface area contributed by atoms with E-state index < -0.39 is 0 Å². The molecule has 0 radical (unpaired) electrons. The Labute approximate surface area is 171 Å². The molecule has 2 aromatic heterocycles. The van der Waals surface area contributed by atoms with E-state index in [-0.39, 0.29) is 0 Å². The highest BCUT2D eigenvalue weighted by atomic mass is 127. The van der Waals surface area contributed by atoms with Gasteiger partial charge in [0.15, 0.2) is 0 Å². The summed E-state index contributed by atoms with van der Waals surface area (Å²) in [6, 6.07) is 11.1. The molecule has 2 aromatic carbocycles. The molecule has 136 valence electrons. The SMILES string of the molecule is Cc1cc(I)cc(-c2cc(-c3c(C)noc3C)cc3[nH]c(C4CC4)nc23)c1. The van der Waals surface area contributed by atoms with Gasteiger partial charge >= 0.3 is 0 Å². The largest absolute Gasteiger partial charge is 0.361 e. The summed E-state index contributed by atoms with van der Waals surface area (Å²) in [6.45, 7) is 6.10. The fourth-order valence-electron chi connectivity index (χ4n) is 3.84. The predicted octanol–water partition coefficient (Wildman–Crippen LogP) is 6.29. The van der Waals surface area contributed by atoms with Crippen molar-refractivity contribution in [3.05, 3.63) is 56.7 Å². The first-order valence-electron chi connectivity index (χ1n) is 9.24. The molecule has 0 spiro atoms. The van der Waals surface area contributed by atoms with Gasteiger partial charge in [0.1, 0.15) is 11.6 Å². The van der Waals surface area contributed by atoms with E-state index in [4.69, 9.17) is 9.51 Å². The predicted molar refractivity (Wildman–Crippen MR) is 116 cm³/mol. The number of nitrogens with zero attached hydrogens (tertiary/aromatic N) is 2. The number of aromatic amines is 1. The minimum Gasteiger partial charge on any atom is -0.361 e. The van der Waals surface area contributed by atoms with E-state index in [1.807, 2.05) is 13.8 Å². The second kappa shape index (κ2) is 6.19. The van der Waals surface area contributed by atoms with Crippen LogP contribution in [0.4, 0.5) is 0 Å². The number of benzene rings is 2. The molecule has 4 aromatic rings. The molecule has 1 saturated carbocycles. The molecule has 1 N–H and O–H groups in total. The van der Waals surface area contributed by atoms with Gasteiger partial charge in [0.25, 0.3) is 0 Å². The molecule has 4 nitrogen and oxygen atoms in total. The van der Waals surface area contributed by atoms with Crippen molar-refractivity contribution < 1.29 is 4.52 Å². The van der Waals surface area contributed by atoms with Crippen molar-refractivity contribution in [1.29, 1.82) is 0 Å². The first-order chi connectivity index (χ1) is 13.0. The quantitative estimate of drug-likeness (QED) is 0.359. The Balaban J connectivity index is 1.81. The second-order valence-electron chi connectivity index (χ2n) is 7.53. The minimum absolute atomic E-state index is 0.588. The molecule has 0 bridgehead atoms. The van der Waals surface area contributed by atoms with E-state index in [1.165, 1.54) is 27.5 Å². The third-order valence-corrected chi connectivity index (χ3v) is 5.87. The Morgan fingerprint density at radius 1 is 1.04 bits per heavy atom. The molecule has 1 aliphatic rings. The van der Waals surface area contributed by atoms with E-state index in [0.29, 0.717) is 5.92 Å². The Kier molecular flexibility index (Phi) is 3.89. The zero-order valence-electron chi connectivity index (χ0n) is 15.6. The van der Waals surface area contributed by atoms with Gasteiger partial charge in [0.2, 0.25) is 0 Å². The maximum atomic E-state index is 5.42. The van der Waals surface area contributed by atoms with Crippen LogP contribution in [-0.4, -0.2) is 15.1 Å². The maximum absolute atomic E-state index is 5.42. The molecule has 5 rings (SSSR count). The van der Waals surface area contributed by atoms with Gasteiger partial charge in [-0.2, -0.15) is 0 Å². The average molecular weight is 469 g/mol. The van der Waals surface area contributed by atoms with Gasteiger partial charge in [0, 0.05) is 20.6 Å². The highest BCUT2D eigenvalue weighted by Gasteiger charge is 2.27. The van der Waals surface area contributed by atoms with Crippen LogP contribution in [-0.2, 0) is 0 Å². The van der Waals surface area contributed by atoms with E-state index >= 15 is 0 Å². The molecule has 0 saturated heterocycles. The summed E-state index contributed by atoms with van der Waals surface area (Å²) < 4.78 is 6.65. The molecular weight excluding hydrogens is 449 g/mol. The summed E-state index contributed by atoms with van der Waals surface area (Å²) in [7, 11) is 0. The van der Waals surface area contributed by atoms with Crippen LogP contribution in [0.15, 0.2) is 34.9 Å². The van der Waals surface area contributed by atoms with Crippen molar-refractivity contribution in [3.63, 3.8) is 0 Å². The van der Waals surface area contributed by atoms with Gasteiger partial charge in [-0.3, -0.25) is 0 Å². The van der Waals surface area contributed by atoms with Gasteiger partial charge in [0.05, 0.1) is 16.7 Å². The highest BCUT2D eigenvalue weighted by Crippen LogP contribution is 2.42. The standard InChI is InChI=1S/C22H20IN3O/c1-11-6-15(8-17(23)7-11)18-9-16(20-12(2)26-27-13(20)3)10-19-21(18)25-22(24-19)14-4-5-14/h6-10,14H,4-5H2,1-3H3,(H,24,25). The number of fused-ring (bicyclic) bond motifs is 1. The first kappa shape index (κ1) is 17.0. The van der Waals surface area contributed by atoms with E-state index in [9.17, 15) is 0 Å². The van der Waals surface area contributed by atoms with E-state index in [1.54, 1.807) is 0 Å². The van der Waals surface area contributed by atoms with Crippen molar-refractivity contribution in [3.8, 4) is 22.3 Å². The lowest BCUT2D eigenvalue weighted by atomic mass is 9.96. The van der Waals surface area contributed by atoms with Crippen LogP contribution in [0.5, 0.6) is 0 Å². The number of imidazole rings is 1. The maximum Gasteiger partial charge on any atom is 0.141 e. The molecule has 0 unspecified atom stereocenters. The van der Waals surface area contributed by atoms with Gasteiger partial charge in [-0.25, -0.2) is 4.98 Å². The zero-order chi connectivity index (χ0) is 18.7. The van der Waals surface area contributed by atoms with Crippen LogP contribution in [0.3, 0.4) is 0 Å². The smallest absolute Gasteiger partial charge is 0.141 e. The topological polar surface area (TPSA) is 54.7 Å². The number of aromatic nitrogens is 3. The average Bonchev–Trinajstić information content (AvgIpc) is 3.29. The summed E-state index contributed by atoms with van der Waals surface area (Å²) in [5.74, 6) is 2.55. The molecule has 2 heterocycles. The third kappa shape index (κ3) is 2.98. The van der Waals surface area contributed by atoms with Gasteiger partial charge in [-0.05, 0) is 97.2 Å². The summed E-state index contributed by atoms with van der Waals surface area (Å²) >= 11 is 2.38. The van der Waals surface area contributed by atoms with Crippen LogP contribution >= 0.6 is 22.6 Å². The van der Waals surface area contributed by atoms with Crippen LogP contribution in [0.25, 0.3) is 33.3 Å². The Hall–Kier alpha value is -2.15. The van der Waals surface area contributed by atoms with Crippen molar-refractivity contribution >= 4 is 33.6 Å². The number of nitrogens with one attached hydrogen (secondary N) is 1. The molecular formula is C22H20IN3O.